The summed E-state index contributed by atoms with van der Waals surface area (Å²) in [6.45, 7) is 11.6. The van der Waals surface area contributed by atoms with E-state index in [1.54, 1.807) is 0 Å². The number of anilines is 1. The van der Waals surface area contributed by atoms with Gasteiger partial charge < -0.3 is 10.0 Å². The molecule has 0 bridgehead atoms. The molecule has 1 aromatic rings. The number of nitrogens with zero attached hydrogens (tertiary/aromatic N) is 3. The van der Waals surface area contributed by atoms with Crippen molar-refractivity contribution in [1.82, 2.24) is 9.88 Å². The number of hydrogen-bond acceptors (Lipinski definition) is 4. The normalized spacial score (nSPS) is 15.5. The van der Waals surface area contributed by atoms with E-state index in [2.05, 4.69) is 48.5 Å². The first-order valence-corrected chi connectivity index (χ1v) is 8.53. The first-order valence-electron chi connectivity index (χ1n) is 8.53. The highest BCUT2D eigenvalue weighted by Gasteiger charge is 2.29. The summed E-state index contributed by atoms with van der Waals surface area (Å²) < 4.78 is 0. The highest BCUT2D eigenvalue weighted by atomic mass is 16.4. The largest absolute Gasteiger partial charge is 0.481 e. The van der Waals surface area contributed by atoms with Crippen LogP contribution in [0.1, 0.15) is 39.7 Å². The molecule has 0 radical (unpaired) electrons. The number of rotatable bonds is 8. The SMILES string of the molecule is CC(C)N(CCc1cncc(N2CC(CC(=O)O)C2)c1)C(C)C. The number of aliphatic carboxylic acids is 1. The lowest BCUT2D eigenvalue weighted by atomic mass is 9.95. The third kappa shape index (κ3) is 4.93. The van der Waals surface area contributed by atoms with Crippen molar-refractivity contribution in [3.63, 3.8) is 0 Å². The van der Waals surface area contributed by atoms with Crippen LogP contribution in [0.15, 0.2) is 18.5 Å². The van der Waals surface area contributed by atoms with E-state index in [0.717, 1.165) is 31.7 Å². The van der Waals surface area contributed by atoms with Gasteiger partial charge in [0.15, 0.2) is 0 Å². The number of pyridine rings is 1. The second kappa shape index (κ2) is 7.77. The van der Waals surface area contributed by atoms with E-state index in [1.165, 1.54) is 5.56 Å². The van der Waals surface area contributed by atoms with Crippen LogP contribution in [-0.2, 0) is 11.2 Å². The average Bonchev–Trinajstić information content (AvgIpc) is 2.42. The standard InChI is InChI=1S/C18H29N3O2/c1-13(2)21(14(3)4)6-5-15-7-17(10-19-9-15)20-11-16(12-20)8-18(22)23/h7,9-10,13-14,16H,5-6,8,11-12H2,1-4H3,(H,22,23). The van der Waals surface area contributed by atoms with Crippen molar-refractivity contribution in [2.75, 3.05) is 24.5 Å². The molecular formula is C18H29N3O2. The van der Waals surface area contributed by atoms with Gasteiger partial charge in [0.1, 0.15) is 0 Å². The van der Waals surface area contributed by atoms with E-state index in [1.807, 2.05) is 12.4 Å². The topological polar surface area (TPSA) is 56.7 Å². The molecule has 0 amide bonds. The van der Waals surface area contributed by atoms with Crippen molar-refractivity contribution >= 4 is 11.7 Å². The Morgan fingerprint density at radius 1 is 1.30 bits per heavy atom. The van der Waals surface area contributed by atoms with Gasteiger partial charge in [0.25, 0.3) is 0 Å². The number of hydrogen-bond donors (Lipinski definition) is 1. The fraction of sp³-hybridized carbons (Fsp3) is 0.667. The van der Waals surface area contributed by atoms with Crippen LogP contribution in [0.2, 0.25) is 0 Å². The van der Waals surface area contributed by atoms with E-state index >= 15 is 0 Å². The molecule has 1 saturated heterocycles. The van der Waals surface area contributed by atoms with Gasteiger partial charge in [0, 0.05) is 43.8 Å². The Kier molecular flexibility index (Phi) is 5.99. The second-order valence-corrected chi connectivity index (χ2v) is 7.10. The number of carboxylic acids is 1. The van der Waals surface area contributed by atoms with E-state index in [-0.39, 0.29) is 12.3 Å². The van der Waals surface area contributed by atoms with Gasteiger partial charge in [-0.05, 0) is 45.7 Å². The van der Waals surface area contributed by atoms with Crippen LogP contribution in [0, 0.1) is 5.92 Å². The monoisotopic (exact) mass is 319 g/mol. The van der Waals surface area contributed by atoms with Crippen LogP contribution < -0.4 is 4.90 Å². The number of carbonyl (C=O) groups is 1. The summed E-state index contributed by atoms with van der Waals surface area (Å²) >= 11 is 0. The highest BCUT2D eigenvalue weighted by molar-refractivity contribution is 5.67. The molecule has 0 unspecified atom stereocenters. The molecule has 1 N–H and O–H groups in total. The Morgan fingerprint density at radius 2 is 1.96 bits per heavy atom. The van der Waals surface area contributed by atoms with Crippen LogP contribution in [-0.4, -0.2) is 52.7 Å². The molecule has 5 nitrogen and oxygen atoms in total. The molecule has 1 aliphatic rings. The molecule has 128 valence electrons. The zero-order valence-corrected chi connectivity index (χ0v) is 14.7. The maximum atomic E-state index is 10.7. The molecule has 0 atom stereocenters. The van der Waals surface area contributed by atoms with Gasteiger partial charge in [0.2, 0.25) is 0 Å². The minimum atomic E-state index is -0.705. The first kappa shape index (κ1) is 17.7. The molecule has 2 heterocycles. The van der Waals surface area contributed by atoms with Gasteiger partial charge in [-0.2, -0.15) is 0 Å². The zero-order valence-electron chi connectivity index (χ0n) is 14.7. The summed E-state index contributed by atoms with van der Waals surface area (Å²) in [7, 11) is 0. The van der Waals surface area contributed by atoms with Gasteiger partial charge in [-0.1, -0.05) is 0 Å². The fourth-order valence-electron chi connectivity index (χ4n) is 3.31. The lowest BCUT2D eigenvalue weighted by Gasteiger charge is -2.40. The summed E-state index contributed by atoms with van der Waals surface area (Å²) in [6, 6.07) is 3.28. The van der Waals surface area contributed by atoms with Gasteiger partial charge in [-0.3, -0.25) is 14.7 Å². The van der Waals surface area contributed by atoms with E-state index < -0.39 is 5.97 Å². The molecule has 2 rings (SSSR count). The molecule has 0 aliphatic carbocycles. The minimum absolute atomic E-state index is 0.265. The summed E-state index contributed by atoms with van der Waals surface area (Å²) in [4.78, 5) is 19.8. The Bertz CT molecular complexity index is 517. The van der Waals surface area contributed by atoms with Crippen LogP contribution in [0.4, 0.5) is 5.69 Å². The maximum absolute atomic E-state index is 10.7. The third-order valence-corrected chi connectivity index (χ3v) is 4.55. The van der Waals surface area contributed by atoms with Crippen molar-refractivity contribution in [3.8, 4) is 0 Å². The van der Waals surface area contributed by atoms with Gasteiger partial charge in [-0.25, -0.2) is 0 Å². The molecule has 5 heteroatoms. The fourth-order valence-corrected chi connectivity index (χ4v) is 3.31. The first-order chi connectivity index (χ1) is 10.9. The van der Waals surface area contributed by atoms with Crippen LogP contribution in [0.5, 0.6) is 0 Å². The molecular weight excluding hydrogens is 290 g/mol. The lowest BCUT2D eigenvalue weighted by Crippen LogP contribution is -2.47. The number of aromatic nitrogens is 1. The average molecular weight is 319 g/mol. The van der Waals surface area contributed by atoms with Crippen LogP contribution in [0.3, 0.4) is 0 Å². The summed E-state index contributed by atoms with van der Waals surface area (Å²) in [5.41, 5.74) is 2.36. The summed E-state index contributed by atoms with van der Waals surface area (Å²) in [5, 5.41) is 8.83. The Balaban J connectivity index is 1.89. The van der Waals surface area contributed by atoms with Crippen molar-refractivity contribution in [2.45, 2.75) is 52.6 Å². The highest BCUT2D eigenvalue weighted by Crippen LogP contribution is 2.26. The van der Waals surface area contributed by atoms with Gasteiger partial charge in [0.05, 0.1) is 18.3 Å². The summed E-state index contributed by atoms with van der Waals surface area (Å²) in [6.07, 6.45) is 5.07. The lowest BCUT2D eigenvalue weighted by molar-refractivity contribution is -0.138. The Morgan fingerprint density at radius 3 is 2.52 bits per heavy atom. The molecule has 0 spiro atoms. The van der Waals surface area contributed by atoms with Crippen LogP contribution >= 0.6 is 0 Å². The van der Waals surface area contributed by atoms with E-state index in [9.17, 15) is 4.79 Å². The molecule has 0 saturated carbocycles. The minimum Gasteiger partial charge on any atom is -0.481 e. The van der Waals surface area contributed by atoms with Crippen molar-refractivity contribution in [3.05, 3.63) is 24.0 Å². The second-order valence-electron chi connectivity index (χ2n) is 7.10. The zero-order chi connectivity index (χ0) is 17.0. The van der Waals surface area contributed by atoms with Gasteiger partial charge >= 0.3 is 5.97 Å². The van der Waals surface area contributed by atoms with E-state index in [0.29, 0.717) is 12.1 Å². The quantitative estimate of drug-likeness (QED) is 0.798. The van der Waals surface area contributed by atoms with Crippen molar-refractivity contribution < 1.29 is 9.90 Å². The van der Waals surface area contributed by atoms with Gasteiger partial charge in [-0.15, -0.1) is 0 Å². The van der Waals surface area contributed by atoms with E-state index in [4.69, 9.17) is 5.11 Å². The molecule has 0 aromatic carbocycles. The smallest absolute Gasteiger partial charge is 0.303 e. The predicted octanol–water partition coefficient (Wildman–Crippen LogP) is 2.65. The molecule has 1 fully saturated rings. The third-order valence-electron chi connectivity index (χ3n) is 4.55. The molecule has 1 aliphatic heterocycles. The Labute approximate surface area is 139 Å². The predicted molar refractivity (Wildman–Crippen MR) is 92.9 cm³/mol. The van der Waals surface area contributed by atoms with Crippen molar-refractivity contribution in [1.29, 1.82) is 0 Å². The molecule has 23 heavy (non-hydrogen) atoms. The maximum Gasteiger partial charge on any atom is 0.303 e. The molecule has 1 aromatic heterocycles. The Hall–Kier alpha value is -1.62. The summed E-state index contributed by atoms with van der Waals surface area (Å²) in [5.74, 6) is -0.433. The van der Waals surface area contributed by atoms with Crippen molar-refractivity contribution in [2.24, 2.45) is 5.92 Å². The van der Waals surface area contributed by atoms with Crippen LogP contribution in [0.25, 0.3) is 0 Å². The number of carboxylic acid groups (broad SMARTS) is 1.